The molecule has 0 heterocycles. The highest BCUT2D eigenvalue weighted by Gasteiger charge is 2.22. The van der Waals surface area contributed by atoms with Gasteiger partial charge in [-0.15, -0.1) is 0 Å². The number of carbonyl (C=O) groups is 2. The third-order valence-corrected chi connectivity index (χ3v) is 7.75. The molecule has 3 rings (SSSR count). The standard InChI is InChI=1S/C29H36N4O4S/c1-4-22(5-2)20-30-28(34)27(19-23-9-7-6-8-10-23)32-29(35)31-24-13-15-25(16-14-24)33-38(36,37)26-17-11-21(3)12-18-26/h6-18,22,27,33H,4-5,19-20H2,1-3H3,(H,30,34)(H2,31,32,35)/t27-/m1/s1. The van der Waals surface area contributed by atoms with E-state index < -0.39 is 22.1 Å². The number of hydrogen-bond donors (Lipinski definition) is 4. The summed E-state index contributed by atoms with van der Waals surface area (Å²) in [6.07, 6.45) is 2.28. The van der Waals surface area contributed by atoms with Gasteiger partial charge in [-0.2, -0.15) is 0 Å². The molecule has 3 aromatic carbocycles. The molecule has 4 N–H and O–H groups in total. The van der Waals surface area contributed by atoms with Crippen molar-refractivity contribution >= 4 is 33.3 Å². The van der Waals surface area contributed by atoms with Crippen LogP contribution in [-0.4, -0.2) is 32.9 Å². The van der Waals surface area contributed by atoms with Gasteiger partial charge in [0, 0.05) is 24.3 Å². The van der Waals surface area contributed by atoms with Crippen LogP contribution in [0, 0.1) is 12.8 Å². The summed E-state index contributed by atoms with van der Waals surface area (Å²) in [6.45, 7) is 6.62. The van der Waals surface area contributed by atoms with Gasteiger partial charge in [0.15, 0.2) is 0 Å². The van der Waals surface area contributed by atoms with Crippen LogP contribution < -0.4 is 20.7 Å². The molecule has 0 aliphatic carbocycles. The predicted octanol–water partition coefficient (Wildman–Crippen LogP) is 5.08. The van der Waals surface area contributed by atoms with E-state index in [1.807, 2.05) is 37.3 Å². The first-order valence-electron chi connectivity index (χ1n) is 12.8. The molecule has 0 unspecified atom stereocenters. The number of sulfonamides is 1. The highest BCUT2D eigenvalue weighted by Crippen LogP contribution is 2.19. The van der Waals surface area contributed by atoms with Crippen LogP contribution in [0.4, 0.5) is 16.2 Å². The summed E-state index contributed by atoms with van der Waals surface area (Å²) in [5, 5.41) is 8.47. The van der Waals surface area contributed by atoms with Crippen molar-refractivity contribution in [3.05, 3.63) is 90.0 Å². The van der Waals surface area contributed by atoms with Gasteiger partial charge in [0.2, 0.25) is 5.91 Å². The van der Waals surface area contributed by atoms with Crippen LogP contribution in [0.2, 0.25) is 0 Å². The van der Waals surface area contributed by atoms with Gasteiger partial charge in [0.05, 0.1) is 4.90 Å². The molecule has 0 spiro atoms. The third kappa shape index (κ3) is 8.62. The molecule has 0 radical (unpaired) electrons. The van der Waals surface area contributed by atoms with Gasteiger partial charge in [-0.25, -0.2) is 13.2 Å². The van der Waals surface area contributed by atoms with Crippen molar-refractivity contribution in [3.63, 3.8) is 0 Å². The molecule has 0 aromatic heterocycles. The molecule has 3 amide bonds. The normalized spacial score (nSPS) is 12.0. The van der Waals surface area contributed by atoms with Crippen molar-refractivity contribution in [2.75, 3.05) is 16.6 Å². The molecule has 0 fully saturated rings. The second-order valence-corrected chi connectivity index (χ2v) is 10.9. The van der Waals surface area contributed by atoms with Crippen LogP contribution in [0.15, 0.2) is 83.8 Å². The van der Waals surface area contributed by atoms with E-state index in [0.717, 1.165) is 24.0 Å². The fourth-order valence-electron chi connectivity index (χ4n) is 3.88. The minimum Gasteiger partial charge on any atom is -0.354 e. The summed E-state index contributed by atoms with van der Waals surface area (Å²) in [6, 6.07) is 21.1. The molecule has 0 saturated carbocycles. The largest absolute Gasteiger partial charge is 0.354 e. The summed E-state index contributed by atoms with van der Waals surface area (Å²) in [4.78, 5) is 25.9. The van der Waals surface area contributed by atoms with Gasteiger partial charge in [0.25, 0.3) is 10.0 Å². The zero-order valence-corrected chi connectivity index (χ0v) is 22.8. The number of rotatable bonds is 12. The Morgan fingerprint density at radius 1 is 0.816 bits per heavy atom. The maximum absolute atomic E-state index is 13.0. The lowest BCUT2D eigenvalue weighted by molar-refractivity contribution is -0.123. The fourth-order valence-corrected chi connectivity index (χ4v) is 4.94. The lowest BCUT2D eigenvalue weighted by atomic mass is 10.0. The molecule has 8 nitrogen and oxygen atoms in total. The number of anilines is 2. The molecule has 1 atom stereocenters. The quantitative estimate of drug-likeness (QED) is 0.258. The number of nitrogens with one attached hydrogen (secondary N) is 4. The van der Waals surface area contributed by atoms with Gasteiger partial charge in [-0.05, 0) is 54.8 Å². The summed E-state index contributed by atoms with van der Waals surface area (Å²) >= 11 is 0. The average Bonchev–Trinajstić information content (AvgIpc) is 2.90. The first-order chi connectivity index (χ1) is 18.2. The van der Waals surface area contributed by atoms with Crippen LogP contribution in [-0.2, 0) is 21.2 Å². The topological polar surface area (TPSA) is 116 Å². The lowest BCUT2D eigenvalue weighted by Crippen LogP contribution is -2.50. The summed E-state index contributed by atoms with van der Waals surface area (Å²) in [5.41, 5.74) is 2.71. The predicted molar refractivity (Wildman–Crippen MR) is 152 cm³/mol. The second kappa shape index (κ2) is 13.6. The van der Waals surface area contributed by atoms with Gasteiger partial charge in [-0.1, -0.05) is 74.7 Å². The Bertz CT molecular complexity index is 1290. The number of carbonyl (C=O) groups excluding carboxylic acids is 2. The molecule has 3 aromatic rings. The Morgan fingerprint density at radius 3 is 2.03 bits per heavy atom. The maximum Gasteiger partial charge on any atom is 0.319 e. The monoisotopic (exact) mass is 536 g/mol. The molecule has 0 aliphatic rings. The van der Waals surface area contributed by atoms with Crippen molar-refractivity contribution in [3.8, 4) is 0 Å². The molecular weight excluding hydrogens is 500 g/mol. The molecule has 0 aliphatic heterocycles. The summed E-state index contributed by atoms with van der Waals surface area (Å²) in [7, 11) is -3.73. The first-order valence-corrected chi connectivity index (χ1v) is 14.3. The van der Waals surface area contributed by atoms with Crippen molar-refractivity contribution in [2.24, 2.45) is 5.92 Å². The summed E-state index contributed by atoms with van der Waals surface area (Å²) < 4.78 is 27.8. The number of benzene rings is 3. The minimum absolute atomic E-state index is 0.164. The molecular formula is C29H36N4O4S. The van der Waals surface area contributed by atoms with Crippen LogP contribution in [0.5, 0.6) is 0 Å². The van der Waals surface area contributed by atoms with Crippen LogP contribution >= 0.6 is 0 Å². The average molecular weight is 537 g/mol. The molecule has 38 heavy (non-hydrogen) atoms. The molecule has 9 heteroatoms. The Morgan fingerprint density at radius 2 is 1.42 bits per heavy atom. The van der Waals surface area contributed by atoms with E-state index >= 15 is 0 Å². The van der Waals surface area contributed by atoms with Crippen molar-refractivity contribution < 1.29 is 18.0 Å². The van der Waals surface area contributed by atoms with Crippen molar-refractivity contribution in [1.29, 1.82) is 0 Å². The zero-order valence-electron chi connectivity index (χ0n) is 22.0. The van der Waals surface area contributed by atoms with Gasteiger partial charge in [-0.3, -0.25) is 9.52 Å². The van der Waals surface area contributed by atoms with Crippen LogP contribution in [0.1, 0.15) is 37.8 Å². The van der Waals surface area contributed by atoms with E-state index in [-0.39, 0.29) is 10.8 Å². The van der Waals surface area contributed by atoms with Gasteiger partial charge in [0.1, 0.15) is 6.04 Å². The van der Waals surface area contributed by atoms with Crippen LogP contribution in [0.25, 0.3) is 0 Å². The second-order valence-electron chi connectivity index (χ2n) is 9.26. The van der Waals surface area contributed by atoms with E-state index in [0.29, 0.717) is 30.3 Å². The number of amides is 3. The Hall–Kier alpha value is -3.85. The smallest absolute Gasteiger partial charge is 0.319 e. The third-order valence-electron chi connectivity index (χ3n) is 6.35. The number of aryl methyl sites for hydroxylation is 1. The van der Waals surface area contributed by atoms with Crippen LogP contribution in [0.3, 0.4) is 0 Å². The number of urea groups is 1. The molecule has 202 valence electrons. The van der Waals surface area contributed by atoms with E-state index in [1.54, 1.807) is 48.5 Å². The SMILES string of the molecule is CCC(CC)CNC(=O)[C@@H](Cc1ccccc1)NC(=O)Nc1ccc(NS(=O)(=O)c2ccc(C)cc2)cc1. The molecule has 0 bridgehead atoms. The highest BCUT2D eigenvalue weighted by molar-refractivity contribution is 7.92. The van der Waals surface area contributed by atoms with Gasteiger partial charge >= 0.3 is 6.03 Å². The van der Waals surface area contributed by atoms with Crippen molar-refractivity contribution in [1.82, 2.24) is 10.6 Å². The maximum atomic E-state index is 13.0. The molecule has 0 saturated heterocycles. The van der Waals surface area contributed by atoms with Crippen molar-refractivity contribution in [2.45, 2.75) is 51.0 Å². The van der Waals surface area contributed by atoms with E-state index in [1.165, 1.54) is 0 Å². The Labute approximate surface area is 225 Å². The lowest BCUT2D eigenvalue weighted by Gasteiger charge is -2.21. The number of hydrogen-bond acceptors (Lipinski definition) is 4. The highest BCUT2D eigenvalue weighted by atomic mass is 32.2. The van der Waals surface area contributed by atoms with E-state index in [2.05, 4.69) is 34.5 Å². The zero-order chi connectivity index (χ0) is 27.5. The minimum atomic E-state index is -3.73. The van der Waals surface area contributed by atoms with Gasteiger partial charge < -0.3 is 16.0 Å². The van der Waals surface area contributed by atoms with E-state index in [9.17, 15) is 18.0 Å². The Kier molecular flexibility index (Phi) is 10.3. The van der Waals surface area contributed by atoms with E-state index in [4.69, 9.17) is 0 Å². The summed E-state index contributed by atoms with van der Waals surface area (Å²) in [5.74, 6) is 0.142. The Balaban J connectivity index is 1.63. The first kappa shape index (κ1) is 28.7. The fraction of sp³-hybridized carbons (Fsp3) is 0.310.